The molecule has 1 aliphatic carbocycles. The van der Waals surface area contributed by atoms with E-state index in [-0.39, 0.29) is 11.8 Å². The fraction of sp³-hybridized carbons (Fsp3) is 0.300. The summed E-state index contributed by atoms with van der Waals surface area (Å²) in [5, 5.41) is 0. The Balaban J connectivity index is 1.84. The topological polar surface area (TPSA) is 68.3 Å². The molecule has 0 spiro atoms. The quantitative estimate of drug-likeness (QED) is 0.722. The van der Waals surface area contributed by atoms with E-state index < -0.39 is 5.97 Å². The first-order valence-corrected chi connectivity index (χ1v) is 4.68. The summed E-state index contributed by atoms with van der Waals surface area (Å²) in [6.07, 6.45) is 4.68. The molecule has 5 heteroatoms. The molecule has 1 N–H and O–H groups in total. The van der Waals surface area contributed by atoms with Crippen LogP contribution in [-0.4, -0.2) is 16.9 Å². The summed E-state index contributed by atoms with van der Waals surface area (Å²) in [6.45, 7) is 0. The average Bonchev–Trinajstić information content (AvgIpc) is 3.10. The minimum absolute atomic E-state index is 0.0201. The summed E-state index contributed by atoms with van der Waals surface area (Å²) in [4.78, 5) is 30.8. The summed E-state index contributed by atoms with van der Waals surface area (Å²) < 4.78 is 0. The lowest BCUT2D eigenvalue weighted by atomic mass is 10.3. The molecule has 1 aromatic rings. The second kappa shape index (κ2) is 4.08. The number of carbonyl (C=O) groups excluding carboxylic acids is 2. The van der Waals surface area contributed by atoms with Gasteiger partial charge in [0.25, 0.3) is 5.91 Å². The van der Waals surface area contributed by atoms with Gasteiger partial charge in [-0.15, -0.1) is 0 Å². The van der Waals surface area contributed by atoms with Gasteiger partial charge in [-0.3, -0.25) is 9.78 Å². The number of aromatic nitrogens is 1. The molecular weight excluding hydrogens is 196 g/mol. The number of rotatable bonds is 2. The SMILES string of the molecule is O=C(ONC(=O)C1CC1)c1cccnc1. The number of hydroxylamine groups is 1. The van der Waals surface area contributed by atoms with Crippen molar-refractivity contribution in [2.24, 2.45) is 5.92 Å². The van der Waals surface area contributed by atoms with Crippen LogP contribution in [-0.2, 0) is 9.63 Å². The monoisotopic (exact) mass is 206 g/mol. The molecule has 1 saturated carbocycles. The highest BCUT2D eigenvalue weighted by Gasteiger charge is 2.30. The number of amides is 1. The van der Waals surface area contributed by atoms with Crippen molar-refractivity contribution in [3.05, 3.63) is 30.1 Å². The van der Waals surface area contributed by atoms with Crippen molar-refractivity contribution in [3.63, 3.8) is 0 Å². The van der Waals surface area contributed by atoms with Gasteiger partial charge in [-0.05, 0) is 25.0 Å². The highest BCUT2D eigenvalue weighted by atomic mass is 16.7. The summed E-state index contributed by atoms with van der Waals surface area (Å²) in [6, 6.07) is 3.19. The highest BCUT2D eigenvalue weighted by Crippen LogP contribution is 2.28. The molecule has 5 nitrogen and oxygen atoms in total. The molecule has 1 fully saturated rings. The van der Waals surface area contributed by atoms with Gasteiger partial charge in [0.15, 0.2) is 0 Å². The van der Waals surface area contributed by atoms with Crippen LogP contribution < -0.4 is 5.48 Å². The maximum atomic E-state index is 11.3. The molecule has 78 valence electrons. The lowest BCUT2D eigenvalue weighted by molar-refractivity contribution is -0.131. The van der Waals surface area contributed by atoms with Gasteiger partial charge in [-0.2, -0.15) is 5.48 Å². The molecule has 0 radical (unpaired) electrons. The lowest BCUT2D eigenvalue weighted by Crippen LogP contribution is -2.28. The smallest absolute Gasteiger partial charge is 0.335 e. The van der Waals surface area contributed by atoms with Crippen molar-refractivity contribution >= 4 is 11.9 Å². The Morgan fingerprint density at radius 2 is 2.27 bits per heavy atom. The van der Waals surface area contributed by atoms with Gasteiger partial charge in [0, 0.05) is 18.3 Å². The van der Waals surface area contributed by atoms with Crippen molar-refractivity contribution in [3.8, 4) is 0 Å². The predicted molar refractivity (Wildman–Crippen MR) is 50.5 cm³/mol. The van der Waals surface area contributed by atoms with Crippen LogP contribution in [0.2, 0.25) is 0 Å². The van der Waals surface area contributed by atoms with Crippen LogP contribution >= 0.6 is 0 Å². The summed E-state index contributed by atoms with van der Waals surface area (Å²) in [7, 11) is 0. The van der Waals surface area contributed by atoms with Gasteiger partial charge in [0.05, 0.1) is 5.56 Å². The number of hydrogen-bond donors (Lipinski definition) is 1. The molecule has 1 aliphatic rings. The van der Waals surface area contributed by atoms with Crippen LogP contribution in [0.3, 0.4) is 0 Å². The van der Waals surface area contributed by atoms with E-state index in [1.165, 1.54) is 6.20 Å². The first kappa shape index (κ1) is 9.64. The molecular formula is C10H10N2O3. The maximum Gasteiger partial charge on any atom is 0.364 e. The van der Waals surface area contributed by atoms with Crippen molar-refractivity contribution in [2.45, 2.75) is 12.8 Å². The van der Waals surface area contributed by atoms with Gasteiger partial charge in [-0.25, -0.2) is 4.79 Å². The number of pyridine rings is 1. The van der Waals surface area contributed by atoms with E-state index >= 15 is 0 Å². The Bertz CT molecular complexity index is 374. The van der Waals surface area contributed by atoms with Crippen LogP contribution in [0.1, 0.15) is 23.2 Å². The van der Waals surface area contributed by atoms with Crippen molar-refractivity contribution in [2.75, 3.05) is 0 Å². The van der Waals surface area contributed by atoms with Gasteiger partial charge in [0.1, 0.15) is 0 Å². The van der Waals surface area contributed by atoms with Gasteiger partial charge in [-0.1, -0.05) is 0 Å². The van der Waals surface area contributed by atoms with Crippen molar-refractivity contribution < 1.29 is 14.4 Å². The Morgan fingerprint density at radius 1 is 1.47 bits per heavy atom. The molecule has 0 unspecified atom stereocenters. The molecule has 0 aromatic carbocycles. The van der Waals surface area contributed by atoms with Crippen LogP contribution in [0.15, 0.2) is 24.5 Å². The molecule has 0 atom stereocenters. The van der Waals surface area contributed by atoms with E-state index in [9.17, 15) is 9.59 Å². The van der Waals surface area contributed by atoms with E-state index in [1.54, 1.807) is 18.3 Å². The second-order valence-electron chi connectivity index (χ2n) is 3.37. The minimum atomic E-state index is -0.600. The molecule has 1 heterocycles. The van der Waals surface area contributed by atoms with Crippen LogP contribution in [0.4, 0.5) is 0 Å². The third-order valence-electron chi connectivity index (χ3n) is 2.09. The summed E-state index contributed by atoms with van der Waals surface area (Å²) >= 11 is 0. The Kier molecular flexibility index (Phi) is 2.62. The third-order valence-corrected chi connectivity index (χ3v) is 2.09. The zero-order chi connectivity index (χ0) is 10.7. The van der Waals surface area contributed by atoms with E-state index in [1.807, 2.05) is 0 Å². The van der Waals surface area contributed by atoms with Crippen molar-refractivity contribution in [1.82, 2.24) is 10.5 Å². The number of nitrogens with zero attached hydrogens (tertiary/aromatic N) is 1. The normalized spacial score (nSPS) is 14.4. The molecule has 15 heavy (non-hydrogen) atoms. The van der Waals surface area contributed by atoms with Gasteiger partial charge < -0.3 is 4.84 Å². The molecule has 0 saturated heterocycles. The predicted octanol–water partition coefficient (Wildman–Crippen LogP) is 0.680. The Labute approximate surface area is 86.4 Å². The largest absolute Gasteiger partial charge is 0.364 e. The molecule has 1 amide bonds. The highest BCUT2D eigenvalue weighted by molar-refractivity contribution is 5.90. The first-order valence-electron chi connectivity index (χ1n) is 4.68. The first-order chi connectivity index (χ1) is 7.27. The number of carbonyl (C=O) groups is 2. The summed E-state index contributed by atoms with van der Waals surface area (Å²) in [5.41, 5.74) is 2.44. The van der Waals surface area contributed by atoms with E-state index in [2.05, 4.69) is 15.3 Å². The second-order valence-corrected chi connectivity index (χ2v) is 3.37. The van der Waals surface area contributed by atoms with E-state index in [4.69, 9.17) is 0 Å². The zero-order valence-electron chi connectivity index (χ0n) is 7.97. The zero-order valence-corrected chi connectivity index (χ0v) is 7.97. The number of nitrogens with one attached hydrogen (secondary N) is 1. The molecule has 0 aliphatic heterocycles. The number of hydrogen-bond acceptors (Lipinski definition) is 4. The van der Waals surface area contributed by atoms with Crippen LogP contribution in [0, 0.1) is 5.92 Å². The van der Waals surface area contributed by atoms with E-state index in [0.29, 0.717) is 5.56 Å². The summed E-state index contributed by atoms with van der Waals surface area (Å²) in [5.74, 6) is -0.809. The third kappa shape index (κ3) is 2.52. The molecule has 1 aromatic heterocycles. The standard InChI is InChI=1S/C10H10N2O3/c13-9(7-3-4-7)12-15-10(14)8-2-1-5-11-6-8/h1-2,5-7H,3-4H2,(H,12,13). The molecule has 2 rings (SSSR count). The van der Waals surface area contributed by atoms with Gasteiger partial charge >= 0.3 is 5.97 Å². The Hall–Kier alpha value is -1.91. The minimum Gasteiger partial charge on any atom is -0.335 e. The lowest BCUT2D eigenvalue weighted by Gasteiger charge is -2.03. The van der Waals surface area contributed by atoms with Crippen LogP contribution in [0.5, 0.6) is 0 Å². The van der Waals surface area contributed by atoms with E-state index in [0.717, 1.165) is 12.8 Å². The average molecular weight is 206 g/mol. The van der Waals surface area contributed by atoms with Crippen LogP contribution in [0.25, 0.3) is 0 Å². The van der Waals surface area contributed by atoms with Crippen molar-refractivity contribution in [1.29, 1.82) is 0 Å². The fourth-order valence-electron chi connectivity index (χ4n) is 1.07. The Morgan fingerprint density at radius 3 is 2.87 bits per heavy atom. The van der Waals surface area contributed by atoms with Gasteiger partial charge in [0.2, 0.25) is 0 Å². The fourth-order valence-corrected chi connectivity index (χ4v) is 1.07. The maximum absolute atomic E-state index is 11.3. The molecule has 0 bridgehead atoms.